The minimum atomic E-state index is -1.22. The van der Waals surface area contributed by atoms with E-state index in [1.165, 1.54) is 38.5 Å². The SMILES string of the molecule is COc1ccc(C(=O)OC(C#N)Cc2ccc(F)cc2F)cc1OC. The first kappa shape index (κ1) is 18.2. The second-order valence-electron chi connectivity index (χ2n) is 5.03. The van der Waals surface area contributed by atoms with Crippen molar-refractivity contribution in [3.05, 3.63) is 59.2 Å². The summed E-state index contributed by atoms with van der Waals surface area (Å²) in [6.45, 7) is 0. The summed E-state index contributed by atoms with van der Waals surface area (Å²) in [6, 6.07) is 9.16. The van der Waals surface area contributed by atoms with Crippen LogP contribution in [-0.4, -0.2) is 26.3 Å². The zero-order chi connectivity index (χ0) is 18.4. The number of carbonyl (C=O) groups is 1. The summed E-state index contributed by atoms with van der Waals surface area (Å²) in [5, 5.41) is 9.14. The lowest BCUT2D eigenvalue weighted by Crippen LogP contribution is -2.19. The molecular weight excluding hydrogens is 332 g/mol. The van der Waals surface area contributed by atoms with Crippen LogP contribution >= 0.6 is 0 Å². The molecule has 2 aromatic carbocycles. The Bertz CT molecular complexity index is 817. The Hall–Kier alpha value is -3.14. The summed E-state index contributed by atoms with van der Waals surface area (Å²) < 4.78 is 41.9. The molecule has 0 heterocycles. The molecule has 1 unspecified atom stereocenters. The van der Waals surface area contributed by atoms with Crippen molar-refractivity contribution in [1.29, 1.82) is 5.26 Å². The third-order valence-electron chi connectivity index (χ3n) is 3.43. The molecule has 0 radical (unpaired) electrons. The number of benzene rings is 2. The Balaban J connectivity index is 2.13. The first-order chi connectivity index (χ1) is 12.0. The van der Waals surface area contributed by atoms with Crippen LogP contribution in [0.5, 0.6) is 11.5 Å². The first-order valence-corrected chi connectivity index (χ1v) is 7.25. The maximum Gasteiger partial charge on any atom is 0.339 e. The van der Waals surface area contributed by atoms with Crippen LogP contribution in [0.3, 0.4) is 0 Å². The smallest absolute Gasteiger partial charge is 0.339 e. The molecule has 0 saturated carbocycles. The summed E-state index contributed by atoms with van der Waals surface area (Å²) >= 11 is 0. The van der Waals surface area contributed by atoms with E-state index in [-0.39, 0.29) is 17.5 Å². The van der Waals surface area contributed by atoms with E-state index in [9.17, 15) is 13.6 Å². The van der Waals surface area contributed by atoms with E-state index < -0.39 is 23.7 Å². The second kappa shape index (κ2) is 8.11. The van der Waals surface area contributed by atoms with Crippen LogP contribution in [-0.2, 0) is 11.2 Å². The van der Waals surface area contributed by atoms with Crippen molar-refractivity contribution in [2.45, 2.75) is 12.5 Å². The molecule has 0 fully saturated rings. The lowest BCUT2D eigenvalue weighted by molar-refractivity contribution is 0.0406. The van der Waals surface area contributed by atoms with E-state index in [1.54, 1.807) is 6.07 Å². The van der Waals surface area contributed by atoms with Crippen molar-refractivity contribution < 1.29 is 27.8 Å². The average molecular weight is 347 g/mol. The fourth-order valence-corrected chi connectivity index (χ4v) is 2.16. The van der Waals surface area contributed by atoms with Gasteiger partial charge in [0.25, 0.3) is 0 Å². The normalized spacial score (nSPS) is 11.3. The fourth-order valence-electron chi connectivity index (χ4n) is 2.16. The van der Waals surface area contributed by atoms with E-state index in [2.05, 4.69) is 0 Å². The van der Waals surface area contributed by atoms with Gasteiger partial charge in [-0.2, -0.15) is 5.26 Å². The van der Waals surface area contributed by atoms with E-state index in [4.69, 9.17) is 19.5 Å². The van der Waals surface area contributed by atoms with Gasteiger partial charge in [-0.05, 0) is 29.8 Å². The Labute approximate surface area is 143 Å². The quantitative estimate of drug-likeness (QED) is 0.750. The number of rotatable bonds is 6. The van der Waals surface area contributed by atoms with Gasteiger partial charge in [-0.15, -0.1) is 0 Å². The number of carbonyl (C=O) groups excluding carboxylic acids is 1. The number of esters is 1. The van der Waals surface area contributed by atoms with Gasteiger partial charge >= 0.3 is 5.97 Å². The number of methoxy groups -OCH3 is 2. The Morgan fingerprint density at radius 3 is 2.44 bits per heavy atom. The number of hydrogen-bond acceptors (Lipinski definition) is 5. The summed E-state index contributed by atoms with van der Waals surface area (Å²) in [4.78, 5) is 12.2. The standard InChI is InChI=1S/C18H15F2NO4/c1-23-16-6-4-12(8-17(16)24-2)18(22)25-14(10-21)7-11-3-5-13(19)9-15(11)20/h3-6,8-9,14H,7H2,1-2H3. The predicted octanol–water partition coefficient (Wildman–Crippen LogP) is 3.27. The largest absolute Gasteiger partial charge is 0.493 e. The van der Waals surface area contributed by atoms with Gasteiger partial charge in [-0.3, -0.25) is 0 Å². The maximum atomic E-state index is 13.7. The third-order valence-corrected chi connectivity index (χ3v) is 3.43. The van der Waals surface area contributed by atoms with Crippen molar-refractivity contribution in [2.24, 2.45) is 0 Å². The predicted molar refractivity (Wildman–Crippen MR) is 84.4 cm³/mol. The van der Waals surface area contributed by atoms with Crippen molar-refractivity contribution in [1.82, 2.24) is 0 Å². The van der Waals surface area contributed by atoms with Gasteiger partial charge < -0.3 is 14.2 Å². The van der Waals surface area contributed by atoms with E-state index in [0.717, 1.165) is 6.07 Å². The molecule has 0 amide bonds. The molecule has 2 aromatic rings. The summed E-state index contributed by atoms with van der Waals surface area (Å²) in [5.74, 6) is -1.53. The minimum absolute atomic E-state index is 0.0769. The number of hydrogen-bond donors (Lipinski definition) is 0. The molecule has 2 rings (SSSR count). The zero-order valence-electron chi connectivity index (χ0n) is 13.6. The van der Waals surface area contributed by atoms with Gasteiger partial charge in [0.05, 0.1) is 19.8 Å². The monoisotopic (exact) mass is 347 g/mol. The van der Waals surface area contributed by atoms with E-state index in [1.807, 2.05) is 0 Å². The molecule has 0 aliphatic rings. The lowest BCUT2D eigenvalue weighted by Gasteiger charge is -2.13. The van der Waals surface area contributed by atoms with E-state index in [0.29, 0.717) is 17.6 Å². The summed E-state index contributed by atoms with van der Waals surface area (Å²) in [7, 11) is 2.88. The highest BCUT2D eigenvalue weighted by Crippen LogP contribution is 2.28. The molecule has 0 N–H and O–H groups in total. The average Bonchev–Trinajstić information content (AvgIpc) is 2.62. The highest BCUT2D eigenvalue weighted by molar-refractivity contribution is 5.90. The van der Waals surface area contributed by atoms with Crippen molar-refractivity contribution in [3.63, 3.8) is 0 Å². The fraction of sp³-hybridized carbons (Fsp3) is 0.222. The van der Waals surface area contributed by atoms with Gasteiger partial charge in [0.1, 0.15) is 17.7 Å². The van der Waals surface area contributed by atoms with Gasteiger partial charge in [0.15, 0.2) is 17.6 Å². The molecule has 0 aromatic heterocycles. The highest BCUT2D eigenvalue weighted by Gasteiger charge is 2.19. The molecule has 0 bridgehead atoms. The molecule has 130 valence electrons. The minimum Gasteiger partial charge on any atom is -0.493 e. The van der Waals surface area contributed by atoms with Crippen LogP contribution in [0.15, 0.2) is 36.4 Å². The molecule has 0 spiro atoms. The number of ether oxygens (including phenoxy) is 3. The third kappa shape index (κ3) is 4.44. The van der Waals surface area contributed by atoms with Gasteiger partial charge in [0.2, 0.25) is 0 Å². The molecule has 25 heavy (non-hydrogen) atoms. The zero-order valence-corrected chi connectivity index (χ0v) is 13.6. The number of nitriles is 1. The molecule has 0 aliphatic heterocycles. The van der Waals surface area contributed by atoms with Crippen LogP contribution in [0.2, 0.25) is 0 Å². The summed E-state index contributed by atoms with van der Waals surface area (Å²) in [5.41, 5.74) is 0.227. The van der Waals surface area contributed by atoms with Crippen LogP contribution in [0.4, 0.5) is 8.78 Å². The molecule has 5 nitrogen and oxygen atoms in total. The Kier molecular flexibility index (Phi) is 5.90. The van der Waals surface area contributed by atoms with E-state index >= 15 is 0 Å². The van der Waals surface area contributed by atoms with Crippen LogP contribution < -0.4 is 9.47 Å². The van der Waals surface area contributed by atoms with Gasteiger partial charge in [-0.25, -0.2) is 13.6 Å². The molecule has 0 saturated heterocycles. The van der Waals surface area contributed by atoms with Crippen LogP contribution in [0.25, 0.3) is 0 Å². The first-order valence-electron chi connectivity index (χ1n) is 7.25. The summed E-state index contributed by atoms with van der Waals surface area (Å²) in [6.07, 6.45) is -1.41. The lowest BCUT2D eigenvalue weighted by atomic mass is 10.1. The van der Waals surface area contributed by atoms with Crippen molar-refractivity contribution in [3.8, 4) is 17.6 Å². The van der Waals surface area contributed by atoms with Crippen molar-refractivity contribution >= 4 is 5.97 Å². The number of nitrogens with zero attached hydrogens (tertiary/aromatic N) is 1. The highest BCUT2D eigenvalue weighted by atomic mass is 19.1. The topological polar surface area (TPSA) is 68.5 Å². The Morgan fingerprint density at radius 2 is 1.84 bits per heavy atom. The number of halogens is 2. The molecule has 0 aliphatic carbocycles. The molecule has 7 heteroatoms. The molecule has 1 atom stereocenters. The van der Waals surface area contributed by atoms with Crippen LogP contribution in [0, 0.1) is 23.0 Å². The maximum absolute atomic E-state index is 13.7. The van der Waals surface area contributed by atoms with Crippen LogP contribution in [0.1, 0.15) is 15.9 Å². The Morgan fingerprint density at radius 1 is 1.12 bits per heavy atom. The van der Waals surface area contributed by atoms with Gasteiger partial charge in [0, 0.05) is 12.5 Å². The van der Waals surface area contributed by atoms with Gasteiger partial charge in [-0.1, -0.05) is 6.07 Å². The second-order valence-corrected chi connectivity index (χ2v) is 5.03. The molecular formula is C18H15F2NO4. The van der Waals surface area contributed by atoms with Crippen molar-refractivity contribution in [2.75, 3.05) is 14.2 Å².